The Labute approximate surface area is 753 Å². The quantitative estimate of drug-likeness (QED) is 0.127. The van der Waals surface area contributed by atoms with Crippen molar-refractivity contribution in [3.63, 3.8) is 0 Å². The Bertz CT molecular complexity index is 9060. The predicted octanol–water partition coefficient (Wildman–Crippen LogP) is 31.4. The van der Waals surface area contributed by atoms with Gasteiger partial charge in [0.2, 0.25) is 23.6 Å². The van der Waals surface area contributed by atoms with Crippen molar-refractivity contribution in [2.75, 3.05) is 0 Å². The third kappa shape index (κ3) is 14.7. The first-order valence-corrected chi connectivity index (χ1v) is 44.2. The van der Waals surface area contributed by atoms with Gasteiger partial charge in [0.05, 0.1) is 44.8 Å². The molecule has 614 valence electrons. The van der Waals surface area contributed by atoms with E-state index in [-0.39, 0.29) is 0 Å². The molecule has 27 aromatic rings. The van der Waals surface area contributed by atoms with Crippen molar-refractivity contribution in [3.05, 3.63) is 431 Å². The van der Waals surface area contributed by atoms with Gasteiger partial charge in [0.1, 0.15) is 22.1 Å². The monoisotopic (exact) mass is 1700 g/mol. The fraction of sp³-hybridized carbons (Fsp3) is 0. The molecule has 27 rings (SSSR count). The molecule has 0 aliphatic heterocycles. The number of aromatic nitrogens is 9. The fourth-order valence-corrected chi connectivity index (χ4v) is 18.7. The molecular formula is C117H71N9O4S. The van der Waals surface area contributed by atoms with E-state index in [1.165, 1.54) is 31.3 Å². The van der Waals surface area contributed by atoms with Crippen LogP contribution in [0.4, 0.5) is 0 Å². The van der Waals surface area contributed by atoms with E-state index in [0.29, 0.717) is 29.4 Å². The van der Waals surface area contributed by atoms with Crippen LogP contribution in [0.15, 0.2) is 448 Å². The van der Waals surface area contributed by atoms with E-state index < -0.39 is 0 Å². The summed E-state index contributed by atoms with van der Waals surface area (Å²) in [6, 6.07) is 146. The molecule has 0 saturated heterocycles. The maximum absolute atomic E-state index is 6.30. The Hall–Kier alpha value is -17.6. The highest BCUT2D eigenvalue weighted by Crippen LogP contribution is 2.44. The number of para-hydroxylation sites is 4. The molecule has 13 nitrogen and oxygen atoms in total. The zero-order valence-electron chi connectivity index (χ0n) is 70.1. The predicted molar refractivity (Wildman–Crippen MR) is 535 cm³/mol. The topological polar surface area (TPSA) is 169 Å². The largest absolute Gasteiger partial charge is 0.435 e. The SMILES string of the molecule is c1ccc(-c2nc3ccc4ccc(-c5ccc6ccccc6n5)cc4c3o2)cc1.c1ccc(-c2nc3ccc4ccc(-c5cccc6c5sc5ccccc56)cc4c3o2)cc1.c1ccc(-c2nc3ccc4ccc(-c5nc(-c6ccccc6)c6ccccc6n5)cc4c3o2)cc1.c1ccc(-c2nc3ccc4ccc(-c5nc6ccccc6nc5-c5ccccc5)cc4c3o2)cc1. The molecule has 0 aliphatic rings. The van der Waals surface area contributed by atoms with Crippen LogP contribution < -0.4 is 0 Å². The number of oxazole rings is 4. The zero-order chi connectivity index (χ0) is 86.7. The maximum Gasteiger partial charge on any atom is 0.227 e. The van der Waals surface area contributed by atoms with Crippen LogP contribution in [0.3, 0.4) is 0 Å². The summed E-state index contributed by atoms with van der Waals surface area (Å²) in [5.41, 5.74) is 25.3. The first kappa shape index (κ1) is 77.0. The lowest BCUT2D eigenvalue weighted by molar-refractivity contribution is 0.622. The Kier molecular flexibility index (Phi) is 19.4. The molecule has 8 heterocycles. The fourth-order valence-electron chi connectivity index (χ4n) is 17.5. The van der Waals surface area contributed by atoms with Gasteiger partial charge in [0.15, 0.2) is 28.2 Å². The maximum atomic E-state index is 6.30. The van der Waals surface area contributed by atoms with Crippen molar-refractivity contribution in [3.8, 4) is 113 Å². The van der Waals surface area contributed by atoms with Gasteiger partial charge in [-0.05, 0) is 166 Å². The average Bonchev–Trinajstić information content (AvgIpc) is 1.55. The summed E-state index contributed by atoms with van der Waals surface area (Å²) in [5, 5.41) is 13.4. The third-order valence-electron chi connectivity index (χ3n) is 24.0. The summed E-state index contributed by atoms with van der Waals surface area (Å²) >= 11 is 1.86. The lowest BCUT2D eigenvalue weighted by Crippen LogP contribution is -1.95. The number of hydrogen-bond acceptors (Lipinski definition) is 14. The van der Waals surface area contributed by atoms with Gasteiger partial charge < -0.3 is 17.7 Å². The van der Waals surface area contributed by atoms with Crippen molar-refractivity contribution < 1.29 is 17.7 Å². The third-order valence-corrected chi connectivity index (χ3v) is 25.2. The van der Waals surface area contributed by atoms with Gasteiger partial charge in [-0.2, -0.15) is 0 Å². The molecule has 0 saturated carbocycles. The first-order chi connectivity index (χ1) is 64.9. The molecule has 8 aromatic heterocycles. The van der Waals surface area contributed by atoms with Crippen molar-refractivity contribution >= 4 is 152 Å². The summed E-state index contributed by atoms with van der Waals surface area (Å²) < 4.78 is 27.7. The average molecular weight is 1700 g/mol. The molecule has 0 unspecified atom stereocenters. The molecule has 0 spiro atoms. The molecule has 0 radical (unpaired) electrons. The molecule has 0 amide bonds. The van der Waals surface area contributed by atoms with Crippen LogP contribution in [0.5, 0.6) is 0 Å². The van der Waals surface area contributed by atoms with Crippen LogP contribution in [0.1, 0.15) is 0 Å². The number of pyridine rings is 1. The number of nitrogens with zero attached hydrogens (tertiary/aromatic N) is 9. The van der Waals surface area contributed by atoms with E-state index in [1.54, 1.807) is 0 Å². The zero-order valence-corrected chi connectivity index (χ0v) is 70.9. The van der Waals surface area contributed by atoms with Gasteiger partial charge in [-0.1, -0.05) is 297 Å². The normalized spacial score (nSPS) is 11.5. The molecule has 0 atom stereocenters. The first-order valence-electron chi connectivity index (χ1n) is 43.3. The standard InChI is InChI=1S/2C31H19N3O.C29H17NOS.C26H16N2O/c1-3-9-21(10-4-1)28-29(33-26-14-8-7-13-25(26)32-28)23-16-15-20-17-18-27-30(24(20)19-23)35-31(34-27)22-11-5-2-6-12-22;1-3-9-21(10-4-1)28-24-13-7-8-14-26(24)32-30(34-28)23-16-15-20-17-18-27-29(25(20)19-23)35-31(33-27)22-11-5-2-6-12-22;1-2-7-19(8-3-1)29-30-25-16-15-18-13-14-20(17-24(18)27(25)31-29)21-10-6-11-23-22-9-4-5-12-26(22)32-28(21)23;1-2-7-19(8-3-1)26-28-24-15-12-17-10-11-20(16-21(17)25(24)29-26)23-14-13-18-6-4-5-9-22(18)27-23/h2*1-19H;1-17H;1-16H. The summed E-state index contributed by atoms with van der Waals surface area (Å²) in [7, 11) is 0. The van der Waals surface area contributed by atoms with Crippen molar-refractivity contribution in [2.24, 2.45) is 0 Å². The second-order valence-electron chi connectivity index (χ2n) is 32.2. The highest BCUT2D eigenvalue weighted by atomic mass is 32.1. The second kappa shape index (κ2) is 33.1. The second-order valence-corrected chi connectivity index (χ2v) is 33.2. The van der Waals surface area contributed by atoms with Crippen molar-refractivity contribution in [1.29, 1.82) is 0 Å². The van der Waals surface area contributed by atoms with Crippen LogP contribution in [-0.4, -0.2) is 44.9 Å². The lowest BCUT2D eigenvalue weighted by Gasteiger charge is -2.11. The Balaban J connectivity index is 0.0000000968. The van der Waals surface area contributed by atoms with E-state index >= 15 is 0 Å². The molecule has 0 aliphatic carbocycles. The molecular weight excluding hydrogens is 1630 g/mol. The minimum absolute atomic E-state index is 0.617. The molecule has 0 fully saturated rings. The smallest absolute Gasteiger partial charge is 0.227 e. The van der Waals surface area contributed by atoms with Crippen molar-refractivity contribution in [1.82, 2.24) is 44.9 Å². The van der Waals surface area contributed by atoms with Crippen LogP contribution in [0, 0.1) is 0 Å². The highest BCUT2D eigenvalue weighted by Gasteiger charge is 2.22. The number of hydrogen-bond donors (Lipinski definition) is 0. The van der Waals surface area contributed by atoms with Crippen molar-refractivity contribution in [2.45, 2.75) is 0 Å². The van der Waals surface area contributed by atoms with Gasteiger partial charge in [-0.15, -0.1) is 11.3 Å². The number of rotatable bonds is 10. The van der Waals surface area contributed by atoms with E-state index in [2.05, 4.69) is 188 Å². The number of fused-ring (bicyclic) bond motifs is 18. The van der Waals surface area contributed by atoms with Crippen LogP contribution in [0.25, 0.3) is 254 Å². The summed E-state index contributed by atoms with van der Waals surface area (Å²) in [5.74, 6) is 3.22. The summed E-state index contributed by atoms with van der Waals surface area (Å²) in [4.78, 5) is 43.8. The summed E-state index contributed by atoms with van der Waals surface area (Å²) in [6.45, 7) is 0. The van der Waals surface area contributed by atoms with Crippen LogP contribution in [-0.2, 0) is 0 Å². The minimum atomic E-state index is 0.617. The molecule has 14 heteroatoms. The van der Waals surface area contributed by atoms with Crippen LogP contribution in [0.2, 0.25) is 0 Å². The lowest BCUT2D eigenvalue weighted by atomic mass is 9.99. The molecule has 19 aromatic carbocycles. The Morgan fingerprint density at radius 1 is 0.176 bits per heavy atom. The highest BCUT2D eigenvalue weighted by molar-refractivity contribution is 7.26. The van der Waals surface area contributed by atoms with Crippen LogP contribution >= 0.6 is 11.3 Å². The van der Waals surface area contributed by atoms with Gasteiger partial charge in [-0.25, -0.2) is 44.9 Å². The van der Waals surface area contributed by atoms with Gasteiger partial charge >= 0.3 is 0 Å². The minimum Gasteiger partial charge on any atom is -0.435 e. The molecule has 0 bridgehead atoms. The molecule has 0 N–H and O–H groups in total. The van der Waals surface area contributed by atoms with Gasteiger partial charge in [-0.3, -0.25) is 0 Å². The summed E-state index contributed by atoms with van der Waals surface area (Å²) in [6.07, 6.45) is 0. The Morgan fingerprint density at radius 3 is 1.02 bits per heavy atom. The van der Waals surface area contributed by atoms with E-state index in [1.807, 2.05) is 254 Å². The van der Waals surface area contributed by atoms with Gasteiger partial charge in [0.25, 0.3) is 0 Å². The molecule has 131 heavy (non-hydrogen) atoms. The number of thiophene rings is 1. The Morgan fingerprint density at radius 2 is 0.527 bits per heavy atom. The number of benzene rings is 19. The van der Waals surface area contributed by atoms with E-state index in [4.69, 9.17) is 62.5 Å². The van der Waals surface area contributed by atoms with E-state index in [0.717, 1.165) is 193 Å². The van der Waals surface area contributed by atoms with Gasteiger partial charge in [0, 0.05) is 103 Å². The van der Waals surface area contributed by atoms with E-state index in [9.17, 15) is 0 Å².